The third kappa shape index (κ3) is 6.31. The number of ether oxygens (including phenoxy) is 1. The van der Waals surface area contributed by atoms with Crippen molar-refractivity contribution < 1.29 is 9.13 Å². The average molecular weight is 511 g/mol. The molecular formula is C21H27FIN5O. The van der Waals surface area contributed by atoms with E-state index >= 15 is 0 Å². The number of aromatic nitrogens is 2. The summed E-state index contributed by atoms with van der Waals surface area (Å²) >= 11 is 0. The maximum absolute atomic E-state index is 13.5. The monoisotopic (exact) mass is 511 g/mol. The number of nitrogens with zero attached hydrogens (tertiary/aromatic N) is 2. The molecule has 0 atom stereocenters. The predicted molar refractivity (Wildman–Crippen MR) is 126 cm³/mol. The van der Waals surface area contributed by atoms with Gasteiger partial charge in [-0.05, 0) is 42.7 Å². The largest absolute Gasteiger partial charge is 0.477 e. The van der Waals surface area contributed by atoms with Crippen LogP contribution in [0.15, 0.2) is 47.7 Å². The van der Waals surface area contributed by atoms with Crippen LogP contribution in [0, 0.1) is 5.82 Å². The number of H-pyrrole nitrogens is 1. The van der Waals surface area contributed by atoms with Crippen LogP contribution in [0.5, 0.6) is 5.88 Å². The number of aliphatic imine (C=N–C) groups is 1. The van der Waals surface area contributed by atoms with Gasteiger partial charge in [-0.3, -0.25) is 4.99 Å². The summed E-state index contributed by atoms with van der Waals surface area (Å²) in [5.74, 6) is 1.11. The Kier molecular flexibility index (Phi) is 9.17. The number of benzene rings is 1. The highest BCUT2D eigenvalue weighted by atomic mass is 127. The minimum atomic E-state index is -0.226. The van der Waals surface area contributed by atoms with Crippen molar-refractivity contribution in [3.8, 4) is 5.88 Å². The van der Waals surface area contributed by atoms with E-state index in [9.17, 15) is 4.39 Å². The van der Waals surface area contributed by atoms with E-state index in [0.29, 0.717) is 31.5 Å². The smallest absolute Gasteiger partial charge is 0.218 e. The highest BCUT2D eigenvalue weighted by molar-refractivity contribution is 14.0. The van der Waals surface area contributed by atoms with Gasteiger partial charge < -0.3 is 20.4 Å². The molecule has 2 heterocycles. The zero-order chi connectivity index (χ0) is 19.8. The molecule has 0 amide bonds. The number of hydrogen-bond donors (Lipinski definition) is 3. The van der Waals surface area contributed by atoms with Crippen LogP contribution in [0.2, 0.25) is 0 Å². The van der Waals surface area contributed by atoms with Gasteiger partial charge in [0.2, 0.25) is 5.88 Å². The van der Waals surface area contributed by atoms with Gasteiger partial charge in [0.15, 0.2) is 5.96 Å². The normalized spacial score (nSPS) is 11.2. The molecule has 0 saturated heterocycles. The highest BCUT2D eigenvalue weighted by Crippen LogP contribution is 2.19. The second-order valence-electron chi connectivity index (χ2n) is 6.42. The molecule has 3 rings (SSSR count). The predicted octanol–water partition coefficient (Wildman–Crippen LogP) is 4.02. The Labute approximate surface area is 187 Å². The Morgan fingerprint density at radius 1 is 1.24 bits per heavy atom. The van der Waals surface area contributed by atoms with Crippen LogP contribution >= 0.6 is 24.0 Å². The lowest BCUT2D eigenvalue weighted by molar-refractivity contribution is 0.301. The first-order valence-corrected chi connectivity index (χ1v) is 9.48. The summed E-state index contributed by atoms with van der Waals surface area (Å²) in [5, 5.41) is 7.48. The summed E-state index contributed by atoms with van der Waals surface area (Å²) in [6.45, 7) is 3.94. The van der Waals surface area contributed by atoms with Crippen LogP contribution in [0.3, 0.4) is 0 Å². The second kappa shape index (κ2) is 11.6. The lowest BCUT2D eigenvalue weighted by Gasteiger charge is -2.14. The zero-order valence-corrected chi connectivity index (χ0v) is 19.0. The molecule has 0 unspecified atom stereocenters. The van der Waals surface area contributed by atoms with E-state index in [0.717, 1.165) is 34.9 Å². The first-order valence-electron chi connectivity index (χ1n) is 9.48. The van der Waals surface area contributed by atoms with Crippen molar-refractivity contribution in [2.24, 2.45) is 4.99 Å². The molecule has 0 radical (unpaired) electrons. The van der Waals surface area contributed by atoms with Gasteiger partial charge >= 0.3 is 0 Å². The van der Waals surface area contributed by atoms with Gasteiger partial charge in [0.25, 0.3) is 0 Å². The Balaban J connectivity index is 0.00000300. The molecule has 6 nitrogen and oxygen atoms in total. The summed E-state index contributed by atoms with van der Waals surface area (Å²) in [5.41, 5.74) is 2.99. The van der Waals surface area contributed by atoms with Crippen molar-refractivity contribution >= 4 is 40.8 Å². The molecule has 8 heteroatoms. The SMILES string of the molecule is CCCOc1ncccc1CNC(=NC)NCCc1c[nH]c2ccc(F)cc12.I. The van der Waals surface area contributed by atoms with E-state index in [1.807, 2.05) is 18.3 Å². The molecule has 2 aromatic heterocycles. The van der Waals surface area contributed by atoms with E-state index in [4.69, 9.17) is 4.74 Å². The highest BCUT2D eigenvalue weighted by Gasteiger charge is 2.07. The summed E-state index contributed by atoms with van der Waals surface area (Å²) in [6, 6.07) is 8.66. The van der Waals surface area contributed by atoms with Crippen LogP contribution in [-0.4, -0.2) is 36.1 Å². The van der Waals surface area contributed by atoms with Gasteiger partial charge in [-0.2, -0.15) is 0 Å². The lowest BCUT2D eigenvalue weighted by atomic mass is 10.1. The molecule has 29 heavy (non-hydrogen) atoms. The van der Waals surface area contributed by atoms with E-state index in [-0.39, 0.29) is 29.8 Å². The molecule has 3 aromatic rings. The number of aromatic amines is 1. The summed E-state index contributed by atoms with van der Waals surface area (Å²) < 4.78 is 19.2. The van der Waals surface area contributed by atoms with Crippen LogP contribution in [-0.2, 0) is 13.0 Å². The fraction of sp³-hybridized carbons (Fsp3) is 0.333. The first kappa shape index (κ1) is 22.9. The molecule has 3 N–H and O–H groups in total. The summed E-state index contributed by atoms with van der Waals surface area (Å²) in [4.78, 5) is 11.7. The Bertz CT molecular complexity index is 944. The molecule has 1 aromatic carbocycles. The van der Waals surface area contributed by atoms with Gasteiger partial charge in [0, 0.05) is 49.0 Å². The average Bonchev–Trinajstić information content (AvgIpc) is 3.11. The van der Waals surface area contributed by atoms with Gasteiger partial charge in [-0.1, -0.05) is 13.0 Å². The van der Waals surface area contributed by atoms with E-state index in [1.165, 1.54) is 6.07 Å². The molecule has 156 valence electrons. The Morgan fingerprint density at radius 3 is 2.90 bits per heavy atom. The molecule has 0 bridgehead atoms. The maximum atomic E-state index is 13.5. The third-order valence-corrected chi connectivity index (χ3v) is 4.38. The fourth-order valence-corrected chi connectivity index (χ4v) is 2.96. The third-order valence-electron chi connectivity index (χ3n) is 4.38. The van der Waals surface area contributed by atoms with Crippen LogP contribution in [0.4, 0.5) is 4.39 Å². The number of pyridine rings is 1. The molecule has 0 spiro atoms. The quantitative estimate of drug-likeness (QED) is 0.243. The molecule has 0 aliphatic rings. The fourth-order valence-electron chi connectivity index (χ4n) is 2.96. The van der Waals surface area contributed by atoms with Crippen molar-refractivity contribution in [3.05, 3.63) is 59.7 Å². The number of halogens is 2. The van der Waals surface area contributed by atoms with Crippen molar-refractivity contribution in [2.45, 2.75) is 26.3 Å². The van der Waals surface area contributed by atoms with E-state index in [1.54, 1.807) is 25.4 Å². The second-order valence-corrected chi connectivity index (χ2v) is 6.42. The first-order chi connectivity index (χ1) is 13.7. The van der Waals surface area contributed by atoms with Gasteiger partial charge in [-0.25, -0.2) is 9.37 Å². The molecular weight excluding hydrogens is 484 g/mol. The van der Waals surface area contributed by atoms with E-state index < -0.39 is 0 Å². The number of guanidine groups is 1. The minimum absolute atomic E-state index is 0. The Morgan fingerprint density at radius 2 is 2.10 bits per heavy atom. The van der Waals surface area contributed by atoms with Crippen molar-refractivity contribution in [1.82, 2.24) is 20.6 Å². The van der Waals surface area contributed by atoms with Crippen molar-refractivity contribution in [3.63, 3.8) is 0 Å². The van der Waals surface area contributed by atoms with Crippen molar-refractivity contribution in [1.29, 1.82) is 0 Å². The van der Waals surface area contributed by atoms with Crippen LogP contribution in [0.1, 0.15) is 24.5 Å². The zero-order valence-electron chi connectivity index (χ0n) is 16.7. The van der Waals surface area contributed by atoms with E-state index in [2.05, 4.69) is 32.5 Å². The van der Waals surface area contributed by atoms with Crippen LogP contribution in [0.25, 0.3) is 10.9 Å². The topological polar surface area (TPSA) is 74.3 Å². The minimum Gasteiger partial charge on any atom is -0.477 e. The number of hydrogen-bond acceptors (Lipinski definition) is 3. The van der Waals surface area contributed by atoms with Crippen molar-refractivity contribution in [2.75, 3.05) is 20.2 Å². The summed E-state index contributed by atoms with van der Waals surface area (Å²) in [6.07, 6.45) is 5.34. The molecule has 0 fully saturated rings. The number of fused-ring (bicyclic) bond motifs is 1. The standard InChI is InChI=1S/C21H26FN5O.HI/c1-3-11-28-20-16(5-4-9-24-20)14-27-21(23-2)25-10-8-15-13-26-19-7-6-17(22)12-18(15)19;/h4-7,9,12-13,26H,3,8,10-11,14H2,1-2H3,(H2,23,25,27);1H. The van der Waals surface area contributed by atoms with Gasteiger partial charge in [-0.15, -0.1) is 24.0 Å². The molecule has 0 aliphatic carbocycles. The maximum Gasteiger partial charge on any atom is 0.218 e. The number of rotatable bonds is 8. The van der Waals surface area contributed by atoms with Gasteiger partial charge in [0.05, 0.1) is 6.61 Å². The molecule has 0 aliphatic heterocycles. The Hall–Kier alpha value is -2.36. The van der Waals surface area contributed by atoms with Crippen LogP contribution < -0.4 is 15.4 Å². The van der Waals surface area contributed by atoms with Gasteiger partial charge in [0.1, 0.15) is 5.82 Å². The lowest BCUT2D eigenvalue weighted by Crippen LogP contribution is -2.38. The molecule has 0 saturated carbocycles. The number of nitrogens with one attached hydrogen (secondary N) is 3. The summed E-state index contributed by atoms with van der Waals surface area (Å²) in [7, 11) is 1.73.